The Kier molecular flexibility index (Phi) is 6.02. The molecule has 6 heteroatoms. The molecule has 2 heterocycles. The summed E-state index contributed by atoms with van der Waals surface area (Å²) in [5.74, 6) is 0.798. The summed E-state index contributed by atoms with van der Waals surface area (Å²) in [6.45, 7) is 9.19. The zero-order valence-electron chi connectivity index (χ0n) is 13.5. The first-order valence-corrected chi connectivity index (χ1v) is 7.73. The van der Waals surface area contributed by atoms with Crippen molar-refractivity contribution in [3.63, 3.8) is 0 Å². The predicted octanol–water partition coefficient (Wildman–Crippen LogP) is 1.93. The summed E-state index contributed by atoms with van der Waals surface area (Å²) >= 11 is 0. The van der Waals surface area contributed by atoms with Crippen molar-refractivity contribution in [3.8, 4) is 5.75 Å². The van der Waals surface area contributed by atoms with Gasteiger partial charge in [-0.2, -0.15) is 5.10 Å². The van der Waals surface area contributed by atoms with E-state index in [2.05, 4.69) is 31.2 Å². The van der Waals surface area contributed by atoms with Crippen LogP contribution in [0.25, 0.3) is 0 Å². The van der Waals surface area contributed by atoms with E-state index < -0.39 is 0 Å². The van der Waals surface area contributed by atoms with E-state index in [9.17, 15) is 0 Å². The predicted molar refractivity (Wildman–Crippen MR) is 80.8 cm³/mol. The van der Waals surface area contributed by atoms with E-state index >= 15 is 0 Å². The Morgan fingerprint density at radius 2 is 2.29 bits per heavy atom. The largest absolute Gasteiger partial charge is 0.493 e. The highest BCUT2D eigenvalue weighted by atomic mass is 16.6. The smallest absolute Gasteiger partial charge is 0.161 e. The van der Waals surface area contributed by atoms with Gasteiger partial charge in [-0.15, -0.1) is 0 Å². The van der Waals surface area contributed by atoms with Crippen molar-refractivity contribution < 1.29 is 14.2 Å². The normalized spacial score (nSPS) is 20.7. The summed E-state index contributed by atoms with van der Waals surface area (Å²) in [4.78, 5) is 0. The van der Waals surface area contributed by atoms with E-state index in [0.29, 0.717) is 19.8 Å². The number of hydrogen-bond donors (Lipinski definition) is 1. The van der Waals surface area contributed by atoms with Crippen molar-refractivity contribution in [3.05, 3.63) is 11.9 Å². The van der Waals surface area contributed by atoms with Gasteiger partial charge < -0.3 is 19.5 Å². The summed E-state index contributed by atoms with van der Waals surface area (Å²) in [6, 6.07) is 0.282. The lowest BCUT2D eigenvalue weighted by Gasteiger charge is -2.32. The SMILES string of the molecule is CCCNC(c1c(OC)cnn1C(C)C)C1COCCO1. The molecular formula is C15H27N3O3. The summed E-state index contributed by atoms with van der Waals surface area (Å²) in [7, 11) is 1.68. The number of aromatic nitrogens is 2. The first kappa shape index (κ1) is 16.3. The number of rotatable bonds is 7. The van der Waals surface area contributed by atoms with Crippen LogP contribution in [0.1, 0.15) is 45.0 Å². The van der Waals surface area contributed by atoms with E-state index in [1.165, 1.54) is 0 Å². The van der Waals surface area contributed by atoms with E-state index in [-0.39, 0.29) is 18.2 Å². The van der Waals surface area contributed by atoms with Gasteiger partial charge in [0.25, 0.3) is 0 Å². The van der Waals surface area contributed by atoms with E-state index in [1.54, 1.807) is 13.3 Å². The van der Waals surface area contributed by atoms with Crippen molar-refractivity contribution >= 4 is 0 Å². The molecular weight excluding hydrogens is 270 g/mol. The first-order valence-electron chi connectivity index (χ1n) is 7.73. The lowest BCUT2D eigenvalue weighted by molar-refractivity contribution is -0.103. The molecule has 2 atom stereocenters. The van der Waals surface area contributed by atoms with Crippen molar-refractivity contribution in [2.75, 3.05) is 33.5 Å². The van der Waals surface area contributed by atoms with Crippen molar-refractivity contribution in [2.45, 2.75) is 45.4 Å². The van der Waals surface area contributed by atoms with E-state index in [0.717, 1.165) is 24.4 Å². The van der Waals surface area contributed by atoms with Crippen LogP contribution in [0.15, 0.2) is 6.20 Å². The maximum Gasteiger partial charge on any atom is 0.161 e. The minimum Gasteiger partial charge on any atom is -0.493 e. The van der Waals surface area contributed by atoms with Crippen LogP contribution in [-0.4, -0.2) is 49.4 Å². The molecule has 1 aliphatic rings. The van der Waals surface area contributed by atoms with Crippen LogP contribution < -0.4 is 10.1 Å². The molecule has 0 amide bonds. The van der Waals surface area contributed by atoms with Crippen LogP contribution >= 0.6 is 0 Å². The van der Waals surface area contributed by atoms with Crippen LogP contribution in [0.2, 0.25) is 0 Å². The number of ether oxygens (including phenoxy) is 3. The summed E-state index contributed by atoms with van der Waals surface area (Å²) in [5, 5.41) is 8.03. The van der Waals surface area contributed by atoms with Gasteiger partial charge in [0, 0.05) is 6.04 Å². The molecule has 1 aromatic rings. The summed E-state index contributed by atoms with van der Waals surface area (Å²) < 4.78 is 19.0. The van der Waals surface area contributed by atoms with Gasteiger partial charge in [-0.25, -0.2) is 0 Å². The molecule has 6 nitrogen and oxygen atoms in total. The Hall–Kier alpha value is -1.11. The molecule has 1 N–H and O–H groups in total. The van der Waals surface area contributed by atoms with Crippen LogP contribution in [-0.2, 0) is 9.47 Å². The first-order chi connectivity index (χ1) is 10.2. The summed E-state index contributed by atoms with van der Waals surface area (Å²) in [5.41, 5.74) is 1.04. The molecule has 0 aliphatic carbocycles. The third-order valence-electron chi connectivity index (χ3n) is 3.63. The molecule has 0 radical (unpaired) electrons. The highest BCUT2D eigenvalue weighted by Crippen LogP contribution is 2.31. The second-order valence-corrected chi connectivity index (χ2v) is 5.55. The third kappa shape index (κ3) is 3.75. The van der Waals surface area contributed by atoms with Crippen molar-refractivity contribution in [1.29, 1.82) is 0 Å². The maximum atomic E-state index is 5.91. The molecule has 2 rings (SSSR count). The number of nitrogens with zero attached hydrogens (tertiary/aromatic N) is 2. The Bertz CT molecular complexity index is 428. The zero-order valence-corrected chi connectivity index (χ0v) is 13.5. The van der Waals surface area contributed by atoms with Gasteiger partial charge in [-0.1, -0.05) is 6.92 Å². The van der Waals surface area contributed by atoms with Crippen LogP contribution in [0.3, 0.4) is 0 Å². The zero-order chi connectivity index (χ0) is 15.2. The lowest BCUT2D eigenvalue weighted by Crippen LogP contribution is -2.42. The molecule has 0 aromatic carbocycles. The molecule has 1 aliphatic heterocycles. The van der Waals surface area contributed by atoms with Crippen molar-refractivity contribution in [1.82, 2.24) is 15.1 Å². The van der Waals surface area contributed by atoms with E-state index in [4.69, 9.17) is 14.2 Å². The fourth-order valence-electron chi connectivity index (χ4n) is 2.62. The van der Waals surface area contributed by atoms with Crippen LogP contribution in [0.5, 0.6) is 5.75 Å². The maximum absolute atomic E-state index is 5.91. The average molecular weight is 297 g/mol. The number of nitrogens with one attached hydrogen (secondary N) is 1. The molecule has 1 aromatic heterocycles. The molecule has 0 saturated carbocycles. The number of hydrogen-bond acceptors (Lipinski definition) is 5. The topological polar surface area (TPSA) is 57.5 Å². The Morgan fingerprint density at radius 1 is 1.48 bits per heavy atom. The Labute approximate surface area is 126 Å². The van der Waals surface area contributed by atoms with Crippen LogP contribution in [0.4, 0.5) is 0 Å². The number of methoxy groups -OCH3 is 1. The highest BCUT2D eigenvalue weighted by molar-refractivity contribution is 5.30. The van der Waals surface area contributed by atoms with Crippen molar-refractivity contribution in [2.24, 2.45) is 0 Å². The highest BCUT2D eigenvalue weighted by Gasteiger charge is 2.32. The van der Waals surface area contributed by atoms with Gasteiger partial charge >= 0.3 is 0 Å². The van der Waals surface area contributed by atoms with Gasteiger partial charge in [0.15, 0.2) is 5.75 Å². The third-order valence-corrected chi connectivity index (χ3v) is 3.63. The fraction of sp³-hybridized carbons (Fsp3) is 0.800. The Morgan fingerprint density at radius 3 is 2.86 bits per heavy atom. The minimum absolute atomic E-state index is 0.0186. The van der Waals surface area contributed by atoms with Crippen LogP contribution in [0, 0.1) is 0 Å². The van der Waals surface area contributed by atoms with Gasteiger partial charge in [0.05, 0.1) is 39.2 Å². The molecule has 0 spiro atoms. The molecule has 1 fully saturated rings. The average Bonchev–Trinajstić information content (AvgIpc) is 2.93. The molecule has 120 valence electrons. The monoisotopic (exact) mass is 297 g/mol. The van der Waals surface area contributed by atoms with Gasteiger partial charge in [0.1, 0.15) is 11.8 Å². The fourth-order valence-corrected chi connectivity index (χ4v) is 2.62. The lowest BCUT2D eigenvalue weighted by atomic mass is 10.1. The minimum atomic E-state index is -0.0200. The Balaban J connectivity index is 2.32. The van der Waals surface area contributed by atoms with Gasteiger partial charge in [-0.3, -0.25) is 4.68 Å². The standard InChI is InChI=1S/C15H27N3O3/c1-5-6-16-14(13-10-20-7-8-21-13)15-12(19-4)9-17-18(15)11(2)3/h9,11,13-14,16H,5-8,10H2,1-4H3. The quantitative estimate of drug-likeness (QED) is 0.833. The van der Waals surface area contributed by atoms with E-state index in [1.807, 2.05) is 4.68 Å². The molecule has 2 unspecified atom stereocenters. The summed E-state index contributed by atoms with van der Waals surface area (Å²) in [6.07, 6.45) is 2.82. The van der Waals surface area contributed by atoms with Gasteiger partial charge in [-0.05, 0) is 26.8 Å². The molecule has 1 saturated heterocycles. The second kappa shape index (κ2) is 7.77. The molecule has 21 heavy (non-hydrogen) atoms. The van der Waals surface area contributed by atoms with Gasteiger partial charge in [0.2, 0.25) is 0 Å². The molecule has 0 bridgehead atoms. The second-order valence-electron chi connectivity index (χ2n) is 5.55.